The maximum atomic E-state index is 9.11. The minimum Gasteiger partial charge on any atom is -0.396 e. The Labute approximate surface area is 87.3 Å². The Hall–Kier alpha value is -0.520. The molecule has 0 aliphatic heterocycles. The van der Waals surface area contributed by atoms with Crippen molar-refractivity contribution in [1.82, 2.24) is 4.90 Å². The van der Waals surface area contributed by atoms with Crippen LogP contribution in [0.1, 0.15) is 26.7 Å². The van der Waals surface area contributed by atoms with Gasteiger partial charge in [-0.2, -0.15) is 0 Å². The van der Waals surface area contributed by atoms with Gasteiger partial charge in [0.25, 0.3) is 0 Å². The molecular formula is C12H21NO. The van der Waals surface area contributed by atoms with Crippen molar-refractivity contribution in [2.24, 2.45) is 11.8 Å². The first-order chi connectivity index (χ1) is 6.61. The zero-order valence-corrected chi connectivity index (χ0v) is 9.40. The molecule has 1 N–H and O–H groups in total. The molecular weight excluding hydrogens is 174 g/mol. The Kier molecular flexibility index (Phi) is 3.97. The van der Waals surface area contributed by atoms with Crippen LogP contribution in [-0.2, 0) is 0 Å². The number of hydrogen-bond donors (Lipinski definition) is 1. The topological polar surface area (TPSA) is 23.5 Å². The highest BCUT2D eigenvalue weighted by atomic mass is 16.3. The summed E-state index contributed by atoms with van der Waals surface area (Å²) in [7, 11) is 2.14. The maximum absolute atomic E-state index is 9.11. The quantitative estimate of drug-likeness (QED) is 0.669. The van der Waals surface area contributed by atoms with Crippen molar-refractivity contribution >= 4 is 0 Å². The summed E-state index contributed by atoms with van der Waals surface area (Å²) in [5.74, 6) is 3.16. The Balaban J connectivity index is 2.54. The van der Waals surface area contributed by atoms with Crippen LogP contribution >= 0.6 is 0 Å². The van der Waals surface area contributed by atoms with Gasteiger partial charge in [0.05, 0.1) is 0 Å². The minimum atomic E-state index is 0.158. The highest BCUT2D eigenvalue weighted by Crippen LogP contribution is 2.30. The molecule has 3 atom stereocenters. The third-order valence-corrected chi connectivity index (χ3v) is 3.38. The van der Waals surface area contributed by atoms with Gasteiger partial charge in [-0.15, -0.1) is 12.3 Å². The highest BCUT2D eigenvalue weighted by molar-refractivity contribution is 5.02. The molecule has 14 heavy (non-hydrogen) atoms. The maximum Gasteiger partial charge on any atom is 0.0469 e. The van der Waals surface area contributed by atoms with Gasteiger partial charge in [-0.1, -0.05) is 6.92 Å². The molecule has 80 valence electrons. The lowest BCUT2D eigenvalue weighted by molar-refractivity contribution is 0.136. The second kappa shape index (κ2) is 4.82. The highest BCUT2D eigenvalue weighted by Gasteiger charge is 2.33. The second-order valence-corrected chi connectivity index (χ2v) is 4.49. The van der Waals surface area contributed by atoms with E-state index in [1.54, 1.807) is 0 Å². The number of rotatable bonds is 5. The average molecular weight is 195 g/mol. The summed E-state index contributed by atoms with van der Waals surface area (Å²) in [5.41, 5.74) is 0. The number of aliphatic hydroxyl groups is 1. The van der Waals surface area contributed by atoms with Crippen molar-refractivity contribution in [3.63, 3.8) is 0 Å². The van der Waals surface area contributed by atoms with Crippen molar-refractivity contribution in [1.29, 1.82) is 0 Å². The van der Waals surface area contributed by atoms with Gasteiger partial charge in [-0.05, 0) is 32.7 Å². The summed E-state index contributed by atoms with van der Waals surface area (Å²) in [6, 6.07) is 1.10. The SMILES string of the molecule is C#CC(C(C)CO)C(C)N(C)C1CC1. The second-order valence-electron chi connectivity index (χ2n) is 4.49. The Morgan fingerprint density at radius 2 is 2.07 bits per heavy atom. The molecule has 1 aliphatic carbocycles. The molecule has 0 aromatic heterocycles. The predicted molar refractivity (Wildman–Crippen MR) is 58.8 cm³/mol. The fourth-order valence-corrected chi connectivity index (χ4v) is 1.96. The van der Waals surface area contributed by atoms with Gasteiger partial charge in [0.2, 0.25) is 0 Å². The zero-order chi connectivity index (χ0) is 10.7. The molecule has 1 aliphatic rings. The molecule has 1 rings (SSSR count). The van der Waals surface area contributed by atoms with Gasteiger partial charge in [-0.25, -0.2) is 0 Å². The monoisotopic (exact) mass is 195 g/mol. The van der Waals surface area contributed by atoms with Crippen LogP contribution in [0.25, 0.3) is 0 Å². The third kappa shape index (κ3) is 2.50. The molecule has 3 unspecified atom stereocenters. The van der Waals surface area contributed by atoms with E-state index < -0.39 is 0 Å². The first-order valence-electron chi connectivity index (χ1n) is 5.40. The number of nitrogens with zero attached hydrogens (tertiary/aromatic N) is 1. The van der Waals surface area contributed by atoms with E-state index >= 15 is 0 Å². The smallest absolute Gasteiger partial charge is 0.0469 e. The van der Waals surface area contributed by atoms with Crippen molar-refractivity contribution in [3.05, 3.63) is 0 Å². The predicted octanol–water partition coefficient (Wildman–Crippen LogP) is 1.35. The van der Waals surface area contributed by atoms with Gasteiger partial charge in [0, 0.05) is 24.6 Å². The van der Waals surface area contributed by atoms with Crippen LogP contribution in [0.3, 0.4) is 0 Å². The summed E-state index contributed by atoms with van der Waals surface area (Å²) < 4.78 is 0. The van der Waals surface area contributed by atoms with Gasteiger partial charge in [0.1, 0.15) is 0 Å². The van der Waals surface area contributed by atoms with E-state index in [2.05, 4.69) is 24.8 Å². The van der Waals surface area contributed by atoms with Crippen molar-refractivity contribution < 1.29 is 5.11 Å². The summed E-state index contributed by atoms with van der Waals surface area (Å²) in [6.07, 6.45) is 8.12. The van der Waals surface area contributed by atoms with Crippen LogP contribution in [0, 0.1) is 24.2 Å². The van der Waals surface area contributed by atoms with E-state index in [1.165, 1.54) is 12.8 Å². The Bertz CT molecular complexity index is 217. The lowest BCUT2D eigenvalue weighted by Gasteiger charge is -2.31. The van der Waals surface area contributed by atoms with Crippen LogP contribution in [-0.4, -0.2) is 35.7 Å². The molecule has 1 fully saturated rings. The summed E-state index contributed by atoms with van der Waals surface area (Å²) in [4.78, 5) is 2.36. The minimum absolute atomic E-state index is 0.158. The fraction of sp³-hybridized carbons (Fsp3) is 0.833. The molecule has 0 saturated heterocycles. The molecule has 0 bridgehead atoms. The fourth-order valence-electron chi connectivity index (χ4n) is 1.96. The first-order valence-corrected chi connectivity index (χ1v) is 5.40. The third-order valence-electron chi connectivity index (χ3n) is 3.38. The lowest BCUT2D eigenvalue weighted by atomic mass is 9.88. The van der Waals surface area contributed by atoms with Crippen LogP contribution in [0.2, 0.25) is 0 Å². The van der Waals surface area contributed by atoms with E-state index in [1.807, 2.05) is 6.92 Å². The van der Waals surface area contributed by atoms with Gasteiger partial charge in [-0.3, -0.25) is 4.90 Å². The molecule has 1 saturated carbocycles. The van der Waals surface area contributed by atoms with Crippen LogP contribution in [0.15, 0.2) is 0 Å². The van der Waals surface area contributed by atoms with E-state index in [9.17, 15) is 0 Å². The van der Waals surface area contributed by atoms with Crippen molar-refractivity contribution in [2.75, 3.05) is 13.7 Å². The molecule has 0 radical (unpaired) electrons. The van der Waals surface area contributed by atoms with Crippen LogP contribution < -0.4 is 0 Å². The standard InChI is InChI=1S/C12H21NO/c1-5-12(9(2)8-14)10(3)13(4)11-6-7-11/h1,9-12,14H,6-8H2,2-4H3. The Morgan fingerprint density at radius 1 is 1.50 bits per heavy atom. The van der Waals surface area contributed by atoms with Gasteiger partial charge < -0.3 is 5.11 Å². The molecule has 0 aromatic rings. The van der Waals surface area contributed by atoms with Crippen molar-refractivity contribution in [3.8, 4) is 12.3 Å². The van der Waals surface area contributed by atoms with E-state index in [0.717, 1.165) is 6.04 Å². The number of aliphatic hydroxyl groups excluding tert-OH is 1. The zero-order valence-electron chi connectivity index (χ0n) is 9.40. The average Bonchev–Trinajstić information content (AvgIpc) is 3.00. The molecule has 0 heterocycles. The largest absolute Gasteiger partial charge is 0.396 e. The number of terminal acetylenes is 1. The summed E-state index contributed by atoms with van der Waals surface area (Å²) in [5, 5.41) is 9.11. The van der Waals surface area contributed by atoms with Crippen molar-refractivity contribution in [2.45, 2.75) is 38.8 Å². The van der Waals surface area contributed by atoms with E-state index in [0.29, 0.717) is 6.04 Å². The van der Waals surface area contributed by atoms with Gasteiger partial charge in [0.15, 0.2) is 0 Å². The molecule has 0 spiro atoms. The first kappa shape index (κ1) is 11.6. The summed E-state index contributed by atoms with van der Waals surface area (Å²) in [6.45, 7) is 4.36. The van der Waals surface area contributed by atoms with E-state index in [-0.39, 0.29) is 18.4 Å². The van der Waals surface area contributed by atoms with Crippen LogP contribution in [0.5, 0.6) is 0 Å². The lowest BCUT2D eigenvalue weighted by Crippen LogP contribution is -2.39. The van der Waals surface area contributed by atoms with Crippen LogP contribution in [0.4, 0.5) is 0 Å². The molecule has 0 amide bonds. The number of hydrogen-bond acceptors (Lipinski definition) is 2. The molecule has 2 heteroatoms. The van der Waals surface area contributed by atoms with Gasteiger partial charge >= 0.3 is 0 Å². The van der Waals surface area contributed by atoms with E-state index in [4.69, 9.17) is 11.5 Å². The Morgan fingerprint density at radius 3 is 2.43 bits per heavy atom. The summed E-state index contributed by atoms with van der Waals surface area (Å²) >= 11 is 0. The molecule has 0 aromatic carbocycles. The normalized spacial score (nSPS) is 22.9. The molecule has 2 nitrogen and oxygen atoms in total.